The van der Waals surface area contributed by atoms with Crippen LogP contribution in [-0.2, 0) is 34.5 Å². The second-order valence-electron chi connectivity index (χ2n) is 11.2. The van der Waals surface area contributed by atoms with Crippen LogP contribution in [0.4, 0.5) is 0 Å². The number of nitrogens with two attached hydrogens (primary N) is 1. The van der Waals surface area contributed by atoms with Gasteiger partial charge in [0.25, 0.3) is 5.91 Å². The Hall–Kier alpha value is -4.73. The maximum atomic E-state index is 13.9. The highest BCUT2D eigenvalue weighted by Crippen LogP contribution is 2.30. The fourth-order valence-corrected chi connectivity index (χ4v) is 5.40. The fraction of sp³-hybridized carbons (Fsp3) is 0.229. The maximum Gasteiger partial charge on any atom is 0.326 e. The van der Waals surface area contributed by atoms with E-state index in [0.717, 1.165) is 16.7 Å². The van der Waals surface area contributed by atoms with E-state index in [2.05, 4.69) is 23.5 Å². The minimum atomic E-state index is -1.24. The van der Waals surface area contributed by atoms with Crippen molar-refractivity contribution >= 4 is 11.9 Å². The van der Waals surface area contributed by atoms with E-state index in [1.165, 1.54) is 0 Å². The first-order chi connectivity index (χ1) is 19.7. The lowest BCUT2D eigenvalue weighted by Crippen LogP contribution is -2.48. The monoisotopic (exact) mass is 543 g/mol. The molecule has 6 heteroatoms. The van der Waals surface area contributed by atoms with Crippen LogP contribution >= 0.6 is 0 Å². The molecule has 0 spiro atoms. The molecule has 0 saturated heterocycles. The summed E-state index contributed by atoms with van der Waals surface area (Å²) in [7, 11) is 0. The van der Waals surface area contributed by atoms with Crippen LogP contribution in [-0.4, -0.2) is 17.4 Å². The number of ether oxygens (including phenoxy) is 1. The van der Waals surface area contributed by atoms with Gasteiger partial charge in [-0.05, 0) is 84.3 Å². The third kappa shape index (κ3) is 6.21. The molecule has 4 bridgehead atoms. The van der Waals surface area contributed by atoms with Crippen molar-refractivity contribution in [3.05, 3.63) is 130 Å². The Kier molecular flexibility index (Phi) is 7.74. The van der Waals surface area contributed by atoms with Crippen LogP contribution in [0.5, 0.6) is 0 Å². The van der Waals surface area contributed by atoms with Gasteiger partial charge in [-0.25, -0.2) is 0 Å². The van der Waals surface area contributed by atoms with Crippen LogP contribution < -0.4 is 11.1 Å². The molecule has 0 saturated carbocycles. The number of rotatable bonds is 2. The number of carbonyl (C=O) groups is 2. The van der Waals surface area contributed by atoms with Crippen molar-refractivity contribution < 1.29 is 14.3 Å². The number of cyclic esters (lactones) is 1. The van der Waals surface area contributed by atoms with Gasteiger partial charge in [0.1, 0.15) is 12.1 Å². The molecule has 3 N–H and O–H groups in total. The van der Waals surface area contributed by atoms with Gasteiger partial charge in [0, 0.05) is 12.0 Å². The van der Waals surface area contributed by atoms with Crippen molar-refractivity contribution in [3.63, 3.8) is 0 Å². The zero-order valence-electron chi connectivity index (χ0n) is 23.3. The number of nitriles is 1. The molecule has 1 aliphatic heterocycles. The Balaban J connectivity index is 1.62. The topological polar surface area (TPSA) is 105 Å². The van der Waals surface area contributed by atoms with Gasteiger partial charge in [-0.15, -0.1) is 0 Å². The molecule has 41 heavy (non-hydrogen) atoms. The second-order valence-corrected chi connectivity index (χ2v) is 11.2. The van der Waals surface area contributed by atoms with Crippen LogP contribution in [0.15, 0.2) is 97.1 Å². The number of esters is 1. The standard InChI is InChI=1S/C35H33N3O3/c1-34(37)21-25-10-8-9-24(17-25)15-16-35(2,30-12-4-3-5-13-30)38-32(39)29-19-26(23-41-33(34)40)18-28(20-29)31-14-7-6-11-27(31)22-36/h3-14,17-20H,15-16,21,23,37H2,1-2H3,(H,38,39). The van der Waals surface area contributed by atoms with Gasteiger partial charge in [0.05, 0.1) is 17.2 Å². The molecule has 4 aromatic carbocycles. The highest BCUT2D eigenvalue weighted by atomic mass is 16.5. The van der Waals surface area contributed by atoms with Crippen molar-refractivity contribution in [2.75, 3.05) is 0 Å². The number of amides is 1. The van der Waals surface area contributed by atoms with Gasteiger partial charge in [0.2, 0.25) is 0 Å². The first-order valence-corrected chi connectivity index (χ1v) is 13.7. The molecule has 0 fully saturated rings. The molecule has 5 rings (SSSR count). The number of fused-ring (bicyclic) bond motifs is 4. The summed E-state index contributed by atoms with van der Waals surface area (Å²) in [6, 6.07) is 32.8. The summed E-state index contributed by atoms with van der Waals surface area (Å²) < 4.78 is 5.70. The Morgan fingerprint density at radius 2 is 1.54 bits per heavy atom. The van der Waals surface area contributed by atoms with Crippen LogP contribution in [0.2, 0.25) is 0 Å². The third-order valence-electron chi connectivity index (χ3n) is 7.73. The van der Waals surface area contributed by atoms with Crippen molar-refractivity contribution in [2.24, 2.45) is 5.73 Å². The van der Waals surface area contributed by atoms with Crippen LogP contribution in [0, 0.1) is 11.3 Å². The molecule has 2 unspecified atom stereocenters. The highest BCUT2D eigenvalue weighted by molar-refractivity contribution is 5.96. The summed E-state index contributed by atoms with van der Waals surface area (Å²) in [6.07, 6.45) is 1.68. The van der Waals surface area contributed by atoms with E-state index < -0.39 is 17.0 Å². The van der Waals surface area contributed by atoms with Gasteiger partial charge in [-0.2, -0.15) is 5.26 Å². The summed E-state index contributed by atoms with van der Waals surface area (Å²) in [6.45, 7) is 3.65. The normalized spacial score (nSPS) is 21.3. The first-order valence-electron chi connectivity index (χ1n) is 13.7. The molecule has 4 aromatic rings. The van der Waals surface area contributed by atoms with Crippen molar-refractivity contribution in [3.8, 4) is 17.2 Å². The lowest BCUT2D eigenvalue weighted by atomic mass is 9.84. The lowest BCUT2D eigenvalue weighted by Gasteiger charge is -2.32. The van der Waals surface area contributed by atoms with E-state index in [4.69, 9.17) is 10.5 Å². The lowest BCUT2D eigenvalue weighted by molar-refractivity contribution is -0.150. The SMILES string of the molecule is CC1(N)Cc2cccc(c2)CCC(C)(c2ccccc2)NC(=O)c2cc(cc(-c3ccccc3C#N)c2)COC1=O. The van der Waals surface area contributed by atoms with Gasteiger partial charge >= 0.3 is 5.97 Å². The molecule has 0 aromatic heterocycles. The number of hydrogen-bond donors (Lipinski definition) is 2. The summed E-state index contributed by atoms with van der Waals surface area (Å²) in [5, 5.41) is 13.0. The van der Waals surface area contributed by atoms with Crippen LogP contribution in [0.3, 0.4) is 0 Å². The molecule has 0 radical (unpaired) electrons. The molecule has 6 nitrogen and oxygen atoms in total. The zero-order chi connectivity index (χ0) is 29.0. The van der Waals surface area contributed by atoms with E-state index in [0.29, 0.717) is 47.1 Å². The summed E-state index contributed by atoms with van der Waals surface area (Å²) in [4.78, 5) is 27.0. The maximum absolute atomic E-state index is 13.9. The van der Waals surface area contributed by atoms with Crippen molar-refractivity contribution in [2.45, 2.75) is 50.8 Å². The minimum Gasteiger partial charge on any atom is -0.459 e. The van der Waals surface area contributed by atoms with Crippen molar-refractivity contribution in [1.82, 2.24) is 5.32 Å². The molecule has 0 aliphatic carbocycles. The van der Waals surface area contributed by atoms with Gasteiger partial charge in [-0.1, -0.05) is 72.8 Å². The summed E-state index contributed by atoms with van der Waals surface area (Å²) >= 11 is 0. The minimum absolute atomic E-state index is 0.0650. The smallest absolute Gasteiger partial charge is 0.326 e. The van der Waals surface area contributed by atoms with E-state index in [9.17, 15) is 14.9 Å². The largest absolute Gasteiger partial charge is 0.459 e. The summed E-state index contributed by atoms with van der Waals surface area (Å²) in [5.74, 6) is -0.787. The van der Waals surface area contributed by atoms with E-state index in [1.807, 2.05) is 67.6 Å². The number of carbonyl (C=O) groups excluding carboxylic acids is 2. The molecule has 1 heterocycles. The molecule has 2 atom stereocenters. The molecular weight excluding hydrogens is 510 g/mol. The molecular formula is C35H33N3O3. The predicted octanol–water partition coefficient (Wildman–Crippen LogP) is 5.82. The Labute approximate surface area is 240 Å². The van der Waals surface area contributed by atoms with Gasteiger partial charge < -0.3 is 15.8 Å². The average Bonchev–Trinajstić information content (AvgIpc) is 2.98. The van der Waals surface area contributed by atoms with E-state index >= 15 is 0 Å². The predicted molar refractivity (Wildman–Crippen MR) is 159 cm³/mol. The number of aryl methyl sites for hydroxylation is 1. The highest BCUT2D eigenvalue weighted by Gasteiger charge is 2.32. The first kappa shape index (κ1) is 27.8. The Bertz CT molecular complexity index is 1640. The zero-order valence-corrected chi connectivity index (χ0v) is 23.3. The average molecular weight is 544 g/mol. The number of nitrogens with one attached hydrogen (secondary N) is 1. The van der Waals surface area contributed by atoms with Crippen molar-refractivity contribution in [1.29, 1.82) is 5.26 Å². The molecule has 206 valence electrons. The summed E-state index contributed by atoms with van der Waals surface area (Å²) in [5.41, 5.74) is 10.5. The van der Waals surface area contributed by atoms with E-state index in [1.54, 1.807) is 31.2 Å². The quantitative estimate of drug-likeness (QED) is 0.310. The Morgan fingerprint density at radius 3 is 2.32 bits per heavy atom. The second kappa shape index (κ2) is 11.4. The van der Waals surface area contributed by atoms with Crippen LogP contribution in [0.1, 0.15) is 58.4 Å². The van der Waals surface area contributed by atoms with Gasteiger partial charge in [0.15, 0.2) is 0 Å². The number of nitrogens with zero attached hydrogens (tertiary/aromatic N) is 1. The van der Waals surface area contributed by atoms with E-state index in [-0.39, 0.29) is 12.5 Å². The van der Waals surface area contributed by atoms with Crippen LogP contribution in [0.25, 0.3) is 11.1 Å². The van der Waals surface area contributed by atoms with Gasteiger partial charge in [-0.3, -0.25) is 9.59 Å². The number of benzene rings is 4. The third-order valence-corrected chi connectivity index (χ3v) is 7.73. The molecule has 1 aliphatic rings. The number of hydrogen-bond acceptors (Lipinski definition) is 5. The Morgan fingerprint density at radius 1 is 0.829 bits per heavy atom. The molecule has 1 amide bonds. The fourth-order valence-electron chi connectivity index (χ4n) is 5.40.